The molecule has 0 N–H and O–H groups in total. The van der Waals surface area contributed by atoms with Gasteiger partial charge in [-0.05, 0) is 49.6 Å². The van der Waals surface area contributed by atoms with Crippen molar-refractivity contribution < 1.29 is 4.52 Å². The number of fused-ring (bicyclic) bond motifs is 1. The molecule has 0 fully saturated rings. The highest BCUT2D eigenvalue weighted by Gasteiger charge is 2.23. The summed E-state index contributed by atoms with van der Waals surface area (Å²) in [5.74, 6) is 1.71. The van der Waals surface area contributed by atoms with Crippen molar-refractivity contribution in [1.82, 2.24) is 14.7 Å². The van der Waals surface area contributed by atoms with E-state index in [-0.39, 0.29) is 5.43 Å². The fraction of sp³-hybridized carbons (Fsp3) is 0.208. The molecule has 0 saturated heterocycles. The third-order valence-corrected chi connectivity index (χ3v) is 6.50. The van der Waals surface area contributed by atoms with Gasteiger partial charge in [-0.15, -0.1) is 11.8 Å². The molecule has 5 nitrogen and oxygen atoms in total. The van der Waals surface area contributed by atoms with E-state index in [0.29, 0.717) is 17.3 Å². The lowest BCUT2D eigenvalue weighted by Gasteiger charge is -2.10. The number of hydrogen-bond acceptors (Lipinski definition) is 5. The first kappa shape index (κ1) is 18.9. The molecule has 3 heterocycles. The van der Waals surface area contributed by atoms with Crippen LogP contribution >= 0.6 is 11.8 Å². The molecule has 4 aromatic rings. The summed E-state index contributed by atoms with van der Waals surface area (Å²) in [5, 5.41) is 4.13. The smallest absolute Gasteiger partial charge is 0.258 e. The molecule has 0 saturated carbocycles. The Balaban J connectivity index is 1.38. The van der Waals surface area contributed by atoms with Crippen LogP contribution < -0.4 is 5.43 Å². The second-order valence-corrected chi connectivity index (χ2v) is 8.50. The summed E-state index contributed by atoms with van der Waals surface area (Å²) in [7, 11) is 0. The fourth-order valence-corrected chi connectivity index (χ4v) is 4.79. The maximum Gasteiger partial charge on any atom is 0.258 e. The highest BCUT2D eigenvalue weighted by Crippen LogP contribution is 2.28. The first-order valence-electron chi connectivity index (χ1n) is 10.0. The van der Waals surface area contributed by atoms with E-state index < -0.39 is 0 Å². The number of aromatic nitrogens is 3. The highest BCUT2D eigenvalue weighted by molar-refractivity contribution is 7.98. The van der Waals surface area contributed by atoms with E-state index in [0.717, 1.165) is 42.1 Å². The molecular formula is C24H21N3O2S. The molecule has 1 aliphatic heterocycles. The number of rotatable bonds is 5. The van der Waals surface area contributed by atoms with Gasteiger partial charge in [-0.3, -0.25) is 4.79 Å². The van der Waals surface area contributed by atoms with Crippen LogP contribution in [0.4, 0.5) is 0 Å². The van der Waals surface area contributed by atoms with E-state index in [1.54, 1.807) is 17.8 Å². The van der Waals surface area contributed by atoms with Gasteiger partial charge in [0, 0.05) is 40.2 Å². The van der Waals surface area contributed by atoms with Crippen molar-refractivity contribution in [3.05, 3.63) is 87.8 Å². The van der Waals surface area contributed by atoms with Gasteiger partial charge in [-0.1, -0.05) is 35.5 Å². The third kappa shape index (κ3) is 3.59. The molecule has 0 radical (unpaired) electrons. The summed E-state index contributed by atoms with van der Waals surface area (Å²) in [6.45, 7) is 2.90. The van der Waals surface area contributed by atoms with Crippen molar-refractivity contribution in [3.63, 3.8) is 0 Å². The average Bonchev–Trinajstić information content (AvgIpc) is 3.44. The van der Waals surface area contributed by atoms with Crippen LogP contribution in [0.1, 0.15) is 23.4 Å². The lowest BCUT2D eigenvalue weighted by atomic mass is 10.1. The summed E-state index contributed by atoms with van der Waals surface area (Å²) in [6, 6.07) is 20.2. The standard InChI is InChI=1S/C24H21N3O2S/c1-16-14-21(28)22(20-8-5-13-27(16)20)23-25-24(29-26-23)18-11-9-17(10-12-18)15-30-19-6-3-2-4-7-19/h2-4,6-7,9-12,14H,5,8,13,15H2,1H3. The molecular weight excluding hydrogens is 394 g/mol. The summed E-state index contributed by atoms with van der Waals surface area (Å²) in [5.41, 5.74) is 4.61. The third-order valence-electron chi connectivity index (χ3n) is 5.42. The lowest BCUT2D eigenvalue weighted by molar-refractivity contribution is 0.432. The van der Waals surface area contributed by atoms with Crippen molar-refractivity contribution in [3.8, 4) is 22.8 Å². The normalized spacial score (nSPS) is 12.8. The first-order valence-corrected chi connectivity index (χ1v) is 11.0. The Hall–Kier alpha value is -3.12. The number of thioether (sulfide) groups is 1. The first-order chi connectivity index (χ1) is 14.7. The zero-order valence-electron chi connectivity index (χ0n) is 16.7. The summed E-state index contributed by atoms with van der Waals surface area (Å²) in [6.07, 6.45) is 1.90. The van der Waals surface area contributed by atoms with Crippen LogP contribution in [0.5, 0.6) is 0 Å². The Morgan fingerprint density at radius 1 is 1.10 bits per heavy atom. The fourth-order valence-electron chi connectivity index (χ4n) is 3.91. The van der Waals surface area contributed by atoms with Gasteiger partial charge in [0.15, 0.2) is 5.43 Å². The van der Waals surface area contributed by atoms with Crippen LogP contribution in [0, 0.1) is 6.92 Å². The maximum absolute atomic E-state index is 12.6. The van der Waals surface area contributed by atoms with Gasteiger partial charge in [0.25, 0.3) is 5.89 Å². The summed E-state index contributed by atoms with van der Waals surface area (Å²) < 4.78 is 7.69. The van der Waals surface area contributed by atoms with Gasteiger partial charge in [0.05, 0.1) is 5.56 Å². The van der Waals surface area contributed by atoms with Crippen molar-refractivity contribution in [2.24, 2.45) is 0 Å². The minimum atomic E-state index is -0.0405. The van der Waals surface area contributed by atoms with Gasteiger partial charge in [-0.25, -0.2) is 0 Å². The van der Waals surface area contributed by atoms with Crippen molar-refractivity contribution in [1.29, 1.82) is 0 Å². The second kappa shape index (κ2) is 7.95. The molecule has 0 unspecified atom stereocenters. The van der Waals surface area contributed by atoms with Gasteiger partial charge in [-0.2, -0.15) is 4.98 Å². The van der Waals surface area contributed by atoms with E-state index in [2.05, 4.69) is 39.0 Å². The molecule has 150 valence electrons. The number of nitrogens with zero attached hydrogens (tertiary/aromatic N) is 3. The van der Waals surface area contributed by atoms with Crippen molar-refractivity contribution in [2.75, 3.05) is 0 Å². The van der Waals surface area contributed by atoms with Crippen molar-refractivity contribution in [2.45, 2.75) is 37.0 Å². The zero-order valence-corrected chi connectivity index (χ0v) is 17.5. The van der Waals surface area contributed by atoms with E-state index in [4.69, 9.17) is 4.52 Å². The maximum atomic E-state index is 12.6. The largest absolute Gasteiger partial charge is 0.348 e. The minimum Gasteiger partial charge on any atom is -0.348 e. The second-order valence-electron chi connectivity index (χ2n) is 7.45. The van der Waals surface area contributed by atoms with Crippen LogP contribution in [0.3, 0.4) is 0 Å². The lowest BCUT2D eigenvalue weighted by Crippen LogP contribution is -2.15. The Labute approximate surface area is 178 Å². The monoisotopic (exact) mass is 415 g/mol. The summed E-state index contributed by atoms with van der Waals surface area (Å²) >= 11 is 1.80. The SMILES string of the molecule is Cc1cc(=O)c(-c2noc(-c3ccc(CSc4ccccc4)cc3)n2)c2n1CCC2. The van der Waals surface area contributed by atoms with Gasteiger partial charge >= 0.3 is 0 Å². The number of pyridine rings is 1. The molecule has 0 amide bonds. The Kier molecular flexibility index (Phi) is 5.01. The Bertz CT molecular complexity index is 1240. The van der Waals surface area contributed by atoms with Gasteiger partial charge in [0.1, 0.15) is 0 Å². The molecule has 1 aliphatic rings. The number of aryl methyl sites for hydroxylation is 1. The van der Waals surface area contributed by atoms with E-state index in [1.165, 1.54) is 10.5 Å². The molecule has 5 rings (SSSR count). The predicted molar refractivity (Wildman–Crippen MR) is 118 cm³/mol. The molecule has 2 aromatic heterocycles. The number of benzene rings is 2. The van der Waals surface area contributed by atoms with Crippen LogP contribution in [-0.4, -0.2) is 14.7 Å². The minimum absolute atomic E-state index is 0.0405. The molecule has 6 heteroatoms. The molecule has 0 bridgehead atoms. The average molecular weight is 416 g/mol. The Morgan fingerprint density at radius 2 is 1.90 bits per heavy atom. The van der Waals surface area contributed by atoms with Crippen LogP contribution in [-0.2, 0) is 18.7 Å². The van der Waals surface area contributed by atoms with Crippen LogP contribution in [0.15, 0.2) is 74.9 Å². The zero-order chi connectivity index (χ0) is 20.5. The van der Waals surface area contributed by atoms with Crippen LogP contribution in [0.2, 0.25) is 0 Å². The predicted octanol–water partition coefficient (Wildman–Crippen LogP) is 5.11. The molecule has 30 heavy (non-hydrogen) atoms. The molecule has 0 atom stereocenters. The molecule has 0 spiro atoms. The van der Waals surface area contributed by atoms with E-state index in [1.807, 2.05) is 37.3 Å². The van der Waals surface area contributed by atoms with Gasteiger partial charge in [0.2, 0.25) is 5.82 Å². The number of hydrogen-bond donors (Lipinski definition) is 0. The topological polar surface area (TPSA) is 60.9 Å². The quantitative estimate of drug-likeness (QED) is 0.424. The summed E-state index contributed by atoms with van der Waals surface area (Å²) in [4.78, 5) is 18.4. The van der Waals surface area contributed by atoms with Crippen molar-refractivity contribution >= 4 is 11.8 Å². The van der Waals surface area contributed by atoms with Gasteiger partial charge < -0.3 is 9.09 Å². The van der Waals surface area contributed by atoms with E-state index >= 15 is 0 Å². The molecule has 0 aliphatic carbocycles. The Morgan fingerprint density at radius 3 is 2.70 bits per heavy atom. The highest BCUT2D eigenvalue weighted by atomic mass is 32.2. The molecule has 2 aromatic carbocycles. The van der Waals surface area contributed by atoms with E-state index in [9.17, 15) is 4.79 Å². The van der Waals surface area contributed by atoms with Crippen LogP contribution in [0.25, 0.3) is 22.8 Å².